The molecule has 3 rings (SSSR count). The zero-order valence-electron chi connectivity index (χ0n) is 24.7. The minimum Gasteiger partial charge on any atom is -0.387 e. The topological polar surface area (TPSA) is 114 Å². The van der Waals surface area contributed by atoms with Crippen LogP contribution in [0.15, 0.2) is 60.7 Å². The maximum atomic E-state index is 12.4. The molecule has 2 unspecified atom stereocenters. The van der Waals surface area contributed by atoms with E-state index in [9.17, 15) is 19.8 Å². The lowest BCUT2D eigenvalue weighted by atomic mass is 9.95. The fourth-order valence-corrected chi connectivity index (χ4v) is 4.18. The van der Waals surface area contributed by atoms with Crippen LogP contribution in [0.25, 0.3) is 0 Å². The molecule has 5 N–H and O–H groups in total. The van der Waals surface area contributed by atoms with Crippen molar-refractivity contribution in [3.63, 3.8) is 0 Å². The molecular weight excluding hydrogens is 646 g/mol. The van der Waals surface area contributed by atoms with Gasteiger partial charge >= 0.3 is 6.03 Å². The number of hydrogen-bond acceptors (Lipinski definition) is 5. The van der Waals surface area contributed by atoms with Crippen LogP contribution in [-0.2, 0) is 11.3 Å². The molecular formula is C32H42Cl4N4O4. The molecule has 3 amide bonds. The molecule has 0 saturated heterocycles. The Bertz CT molecular complexity index is 1370. The van der Waals surface area contributed by atoms with Crippen molar-refractivity contribution < 1.29 is 19.8 Å². The highest BCUT2D eigenvalue weighted by Crippen LogP contribution is 2.27. The summed E-state index contributed by atoms with van der Waals surface area (Å²) in [5, 5.41) is 30.2. The normalized spacial score (nSPS) is 12.2. The van der Waals surface area contributed by atoms with Crippen molar-refractivity contribution in [2.75, 3.05) is 32.5 Å². The van der Waals surface area contributed by atoms with E-state index in [-0.39, 0.29) is 25.9 Å². The van der Waals surface area contributed by atoms with Crippen molar-refractivity contribution in [3.05, 3.63) is 97.4 Å². The number of carbonyl (C=O) groups is 2. The van der Waals surface area contributed by atoms with Crippen LogP contribution >= 0.6 is 46.4 Å². The predicted molar refractivity (Wildman–Crippen MR) is 183 cm³/mol. The molecule has 0 aliphatic rings. The van der Waals surface area contributed by atoms with Crippen LogP contribution in [0.1, 0.15) is 57.1 Å². The van der Waals surface area contributed by atoms with Gasteiger partial charge in [-0.15, -0.1) is 0 Å². The molecule has 12 heteroatoms. The molecule has 2 atom stereocenters. The van der Waals surface area contributed by atoms with Crippen molar-refractivity contribution in [1.82, 2.24) is 15.5 Å². The van der Waals surface area contributed by atoms with Gasteiger partial charge in [-0.25, -0.2) is 4.79 Å². The summed E-state index contributed by atoms with van der Waals surface area (Å²) >= 11 is 23.4. The summed E-state index contributed by atoms with van der Waals surface area (Å²) in [6.07, 6.45) is -1.44. The molecule has 3 aromatic rings. The van der Waals surface area contributed by atoms with Gasteiger partial charge in [-0.05, 0) is 60.1 Å². The third-order valence-electron chi connectivity index (χ3n) is 6.19. The number of rotatable bonds is 9. The van der Waals surface area contributed by atoms with E-state index in [0.29, 0.717) is 44.4 Å². The lowest BCUT2D eigenvalue weighted by Crippen LogP contribution is -2.35. The van der Waals surface area contributed by atoms with E-state index in [1.807, 2.05) is 32.9 Å². The van der Waals surface area contributed by atoms with Crippen LogP contribution in [-0.4, -0.2) is 54.2 Å². The first-order chi connectivity index (χ1) is 20.1. The molecule has 0 heterocycles. The fraction of sp³-hybridized carbons (Fsp3) is 0.375. The van der Waals surface area contributed by atoms with Crippen LogP contribution in [0.5, 0.6) is 0 Å². The SMILES string of the molecule is C.CN(CC(O)c1ccc(Cl)c(Cl)c1)C(=O)Nc1ccc(CNC(=O)C(C)(C)C)cc1.CNCC(O)c1ccc(Cl)c(Cl)c1. The van der Waals surface area contributed by atoms with Crippen molar-refractivity contribution in [2.45, 2.75) is 47.0 Å². The van der Waals surface area contributed by atoms with E-state index >= 15 is 0 Å². The second kappa shape index (κ2) is 18.4. The number of nitrogens with one attached hydrogen (secondary N) is 3. The van der Waals surface area contributed by atoms with Crippen molar-refractivity contribution in [3.8, 4) is 0 Å². The highest BCUT2D eigenvalue weighted by atomic mass is 35.5. The molecule has 0 saturated carbocycles. The van der Waals surface area contributed by atoms with E-state index < -0.39 is 17.6 Å². The number of carbonyl (C=O) groups excluding carboxylic acids is 2. The van der Waals surface area contributed by atoms with Gasteiger partial charge < -0.3 is 31.1 Å². The second-order valence-corrected chi connectivity index (χ2v) is 12.5. The smallest absolute Gasteiger partial charge is 0.321 e. The second-order valence-electron chi connectivity index (χ2n) is 10.9. The molecule has 44 heavy (non-hydrogen) atoms. The van der Waals surface area contributed by atoms with E-state index in [2.05, 4.69) is 16.0 Å². The highest BCUT2D eigenvalue weighted by Gasteiger charge is 2.20. The molecule has 0 bridgehead atoms. The molecule has 0 spiro atoms. The lowest BCUT2D eigenvalue weighted by molar-refractivity contribution is -0.128. The summed E-state index contributed by atoms with van der Waals surface area (Å²) in [5.41, 5.74) is 2.44. The minimum atomic E-state index is -0.899. The van der Waals surface area contributed by atoms with E-state index in [1.165, 1.54) is 4.90 Å². The van der Waals surface area contributed by atoms with Gasteiger partial charge in [0, 0.05) is 31.2 Å². The van der Waals surface area contributed by atoms with Crippen LogP contribution in [0.4, 0.5) is 10.5 Å². The number of aliphatic hydroxyl groups is 2. The Labute approximate surface area is 280 Å². The number of nitrogens with zero attached hydrogens (tertiary/aromatic N) is 1. The summed E-state index contributed by atoms with van der Waals surface area (Å²) in [6, 6.07) is 16.8. The number of halogens is 4. The fourth-order valence-electron chi connectivity index (χ4n) is 3.57. The zero-order chi connectivity index (χ0) is 32.3. The van der Waals surface area contributed by atoms with Crippen LogP contribution < -0.4 is 16.0 Å². The number of anilines is 1. The summed E-state index contributed by atoms with van der Waals surface area (Å²) in [5.74, 6) is -0.0259. The Morgan fingerprint density at radius 3 is 1.77 bits per heavy atom. The maximum Gasteiger partial charge on any atom is 0.321 e. The molecule has 0 fully saturated rings. The summed E-state index contributed by atoms with van der Waals surface area (Å²) in [7, 11) is 3.37. The zero-order valence-corrected chi connectivity index (χ0v) is 27.7. The van der Waals surface area contributed by atoms with Crippen LogP contribution in [0.2, 0.25) is 20.1 Å². The molecule has 0 aliphatic carbocycles. The first kappa shape index (κ1) is 39.5. The van der Waals surface area contributed by atoms with Gasteiger partial charge in [0.05, 0.1) is 38.8 Å². The van der Waals surface area contributed by atoms with Crippen LogP contribution in [0.3, 0.4) is 0 Å². The molecule has 0 aliphatic heterocycles. The Kier molecular flexibility index (Phi) is 16.5. The van der Waals surface area contributed by atoms with E-state index in [1.54, 1.807) is 62.6 Å². The van der Waals surface area contributed by atoms with Gasteiger partial charge in [0.15, 0.2) is 0 Å². The Morgan fingerprint density at radius 2 is 1.32 bits per heavy atom. The van der Waals surface area contributed by atoms with Gasteiger partial charge in [0.2, 0.25) is 5.91 Å². The summed E-state index contributed by atoms with van der Waals surface area (Å²) < 4.78 is 0. The van der Waals surface area contributed by atoms with E-state index in [4.69, 9.17) is 46.4 Å². The van der Waals surface area contributed by atoms with Crippen molar-refractivity contribution >= 4 is 64.0 Å². The molecule has 8 nitrogen and oxygen atoms in total. The standard InChI is InChI=1S/C22H27Cl2N3O3.C9H11Cl2NO.CH4/c1-22(2,3)20(29)25-12-14-5-8-16(9-6-14)26-21(30)27(4)13-19(28)15-7-10-17(23)18(24)11-15;1-12-5-9(13)6-2-3-7(10)8(11)4-6;/h5-11,19,28H,12-13H2,1-4H3,(H,25,29)(H,26,30);2-4,9,12-13H,5H2,1H3;1H4. The Morgan fingerprint density at radius 1 is 0.818 bits per heavy atom. The Hall–Kier alpha value is -2.56. The third kappa shape index (κ3) is 12.8. The van der Waals surface area contributed by atoms with Crippen molar-refractivity contribution in [1.29, 1.82) is 0 Å². The predicted octanol–water partition coefficient (Wildman–Crippen LogP) is 7.74. The number of benzene rings is 3. The molecule has 0 radical (unpaired) electrons. The minimum absolute atomic E-state index is 0. The van der Waals surface area contributed by atoms with Gasteiger partial charge in [0.25, 0.3) is 0 Å². The number of hydrogen-bond donors (Lipinski definition) is 5. The molecule has 3 aromatic carbocycles. The van der Waals surface area contributed by atoms with Gasteiger partial charge in [-0.2, -0.15) is 0 Å². The molecule has 242 valence electrons. The quantitative estimate of drug-likeness (QED) is 0.158. The van der Waals surface area contributed by atoms with Gasteiger partial charge in [0.1, 0.15) is 0 Å². The first-order valence-electron chi connectivity index (χ1n) is 13.4. The number of aliphatic hydroxyl groups excluding tert-OH is 2. The number of likely N-dealkylation sites (N-methyl/N-ethyl adjacent to an activating group) is 2. The largest absolute Gasteiger partial charge is 0.387 e. The number of amides is 3. The summed E-state index contributed by atoms with van der Waals surface area (Å²) in [4.78, 5) is 25.7. The van der Waals surface area contributed by atoms with Crippen LogP contribution in [0, 0.1) is 5.41 Å². The Balaban J connectivity index is 0.000000579. The maximum absolute atomic E-state index is 12.4. The average Bonchev–Trinajstić information content (AvgIpc) is 2.95. The average molecular weight is 689 g/mol. The third-order valence-corrected chi connectivity index (χ3v) is 7.67. The van der Waals surface area contributed by atoms with Gasteiger partial charge in [-0.1, -0.05) is 98.9 Å². The van der Waals surface area contributed by atoms with E-state index in [0.717, 1.165) is 11.1 Å². The number of urea groups is 1. The lowest BCUT2D eigenvalue weighted by Gasteiger charge is -2.22. The van der Waals surface area contributed by atoms with Gasteiger partial charge in [-0.3, -0.25) is 4.79 Å². The van der Waals surface area contributed by atoms with Crippen molar-refractivity contribution in [2.24, 2.45) is 5.41 Å². The first-order valence-corrected chi connectivity index (χ1v) is 14.9. The monoisotopic (exact) mass is 686 g/mol. The highest BCUT2D eigenvalue weighted by molar-refractivity contribution is 6.42. The summed E-state index contributed by atoms with van der Waals surface area (Å²) in [6.45, 7) is 6.57. The molecule has 0 aromatic heterocycles.